The van der Waals surface area contributed by atoms with Gasteiger partial charge in [-0.2, -0.15) is 0 Å². The smallest absolute Gasteiger partial charge is 0.305 e. The number of carbonyl (C=O) groups excluding carboxylic acids is 1. The lowest BCUT2D eigenvalue weighted by molar-refractivity contribution is -0.144. The fourth-order valence-corrected chi connectivity index (χ4v) is 5.52. The van der Waals surface area contributed by atoms with Crippen LogP contribution in [-0.2, 0) is 14.3 Å². The Kier molecular flexibility index (Phi) is 32.1. The second-order valence-electron chi connectivity index (χ2n) is 12.5. The van der Waals surface area contributed by atoms with Gasteiger partial charge in [-0.15, -0.1) is 0 Å². The van der Waals surface area contributed by atoms with Gasteiger partial charge in [0.05, 0.1) is 6.61 Å². The van der Waals surface area contributed by atoms with Gasteiger partial charge < -0.3 is 9.84 Å². The summed E-state index contributed by atoms with van der Waals surface area (Å²) in [5, 5.41) is 8.74. The van der Waals surface area contributed by atoms with Crippen LogP contribution in [0.1, 0.15) is 200 Å². The molecule has 0 amide bonds. The van der Waals surface area contributed by atoms with Crippen LogP contribution in [0.3, 0.4) is 0 Å². The molecule has 0 aromatic heterocycles. The van der Waals surface area contributed by atoms with Crippen molar-refractivity contribution < 1.29 is 19.4 Å². The van der Waals surface area contributed by atoms with Crippen LogP contribution in [0.2, 0.25) is 0 Å². The largest absolute Gasteiger partial charge is 0.481 e. The molecule has 1 atom stereocenters. The van der Waals surface area contributed by atoms with E-state index in [1.165, 1.54) is 122 Å². The lowest BCUT2D eigenvalue weighted by Crippen LogP contribution is -2.13. The number of aliphatic carboxylic acids is 1. The Hall–Kier alpha value is -1.32. The molecule has 0 radical (unpaired) electrons. The number of carboxylic acid groups (broad SMARTS) is 1. The van der Waals surface area contributed by atoms with Crippen molar-refractivity contribution in [3.8, 4) is 0 Å². The average Bonchev–Trinajstić information content (AvgIpc) is 2.96. The van der Waals surface area contributed by atoms with E-state index >= 15 is 0 Å². The zero-order chi connectivity index (χ0) is 30.1. The minimum atomic E-state index is -0.698. The number of ether oxygens (including phenoxy) is 1. The highest BCUT2D eigenvalue weighted by Crippen LogP contribution is 2.17. The number of esters is 1. The van der Waals surface area contributed by atoms with Crippen LogP contribution in [0.25, 0.3) is 0 Å². The summed E-state index contributed by atoms with van der Waals surface area (Å²) in [5.41, 5.74) is 0. The molecule has 1 unspecified atom stereocenters. The minimum Gasteiger partial charge on any atom is -0.481 e. The van der Waals surface area contributed by atoms with Crippen molar-refractivity contribution in [1.82, 2.24) is 0 Å². The Morgan fingerprint density at radius 3 is 1.46 bits per heavy atom. The van der Waals surface area contributed by atoms with Crippen LogP contribution >= 0.6 is 0 Å². The van der Waals surface area contributed by atoms with Crippen molar-refractivity contribution in [2.45, 2.75) is 200 Å². The summed E-state index contributed by atoms with van der Waals surface area (Å²) in [6.45, 7) is 5.05. The molecule has 41 heavy (non-hydrogen) atoms. The molecule has 0 bridgehead atoms. The lowest BCUT2D eigenvalue weighted by Gasteiger charge is -2.14. The Balaban J connectivity index is 3.91. The summed E-state index contributed by atoms with van der Waals surface area (Å²) in [5.74, 6) is -0.408. The summed E-state index contributed by atoms with van der Waals surface area (Å²) in [6, 6.07) is 0. The summed E-state index contributed by atoms with van der Waals surface area (Å²) in [6.07, 6.45) is 39.1. The van der Waals surface area contributed by atoms with E-state index in [4.69, 9.17) is 9.84 Å². The van der Waals surface area contributed by atoms with Crippen LogP contribution in [0, 0.1) is 5.92 Å². The molecule has 0 spiro atoms. The van der Waals surface area contributed by atoms with E-state index in [-0.39, 0.29) is 12.4 Å². The molecule has 0 fully saturated rings. The molecule has 0 rings (SSSR count). The number of allylic oxidation sites excluding steroid dienone is 1. The Bertz CT molecular complexity index is 585. The van der Waals surface area contributed by atoms with Crippen molar-refractivity contribution in [2.75, 3.05) is 6.61 Å². The first-order valence-corrected chi connectivity index (χ1v) is 18.1. The highest BCUT2D eigenvalue weighted by Gasteiger charge is 2.10. The van der Waals surface area contributed by atoms with Crippen LogP contribution in [-0.4, -0.2) is 23.7 Å². The van der Waals surface area contributed by atoms with E-state index in [2.05, 4.69) is 26.0 Å². The van der Waals surface area contributed by atoms with Gasteiger partial charge in [-0.05, 0) is 32.1 Å². The average molecular weight is 579 g/mol. The summed E-state index contributed by atoms with van der Waals surface area (Å²) in [4.78, 5) is 23.0. The molecule has 0 saturated carbocycles. The normalized spacial score (nSPS) is 12.2. The summed E-state index contributed by atoms with van der Waals surface area (Å²) < 4.78 is 5.71. The molecule has 0 aliphatic heterocycles. The summed E-state index contributed by atoms with van der Waals surface area (Å²) in [7, 11) is 0. The Morgan fingerprint density at radius 1 is 0.561 bits per heavy atom. The molecular formula is C37H70O4. The number of carboxylic acids is 1. The number of unbranched alkanes of at least 4 members (excludes halogenated alkanes) is 23. The first kappa shape index (κ1) is 39.7. The first-order valence-electron chi connectivity index (χ1n) is 18.1. The number of rotatable bonds is 33. The van der Waals surface area contributed by atoms with Gasteiger partial charge in [0.25, 0.3) is 0 Å². The maximum Gasteiger partial charge on any atom is 0.305 e. The van der Waals surface area contributed by atoms with Gasteiger partial charge in [0.15, 0.2) is 0 Å². The quantitative estimate of drug-likeness (QED) is 0.0478. The second-order valence-corrected chi connectivity index (χ2v) is 12.5. The third-order valence-electron chi connectivity index (χ3n) is 8.29. The van der Waals surface area contributed by atoms with Crippen molar-refractivity contribution >= 4 is 11.9 Å². The third kappa shape index (κ3) is 33.1. The highest BCUT2D eigenvalue weighted by molar-refractivity contribution is 5.69. The fraction of sp³-hybridized carbons (Fsp3) is 0.892. The number of carbonyl (C=O) groups is 2. The highest BCUT2D eigenvalue weighted by atomic mass is 16.5. The predicted octanol–water partition coefficient (Wildman–Crippen LogP) is 12.1. The Morgan fingerprint density at radius 2 is 0.976 bits per heavy atom. The molecular weight excluding hydrogens is 508 g/mol. The minimum absolute atomic E-state index is 0.0283. The Labute approximate surface area is 255 Å². The fourth-order valence-electron chi connectivity index (χ4n) is 5.52. The first-order chi connectivity index (χ1) is 20.1. The summed E-state index contributed by atoms with van der Waals surface area (Å²) >= 11 is 0. The molecule has 0 heterocycles. The number of hydrogen-bond donors (Lipinski definition) is 1. The molecule has 0 aliphatic rings. The van der Waals surface area contributed by atoms with Crippen molar-refractivity contribution in [3.63, 3.8) is 0 Å². The second kappa shape index (κ2) is 33.2. The van der Waals surface area contributed by atoms with Gasteiger partial charge in [0, 0.05) is 18.8 Å². The molecule has 0 aliphatic carbocycles. The van der Waals surface area contributed by atoms with Crippen LogP contribution < -0.4 is 0 Å². The molecule has 0 saturated heterocycles. The topological polar surface area (TPSA) is 63.6 Å². The van der Waals surface area contributed by atoms with E-state index < -0.39 is 5.97 Å². The van der Waals surface area contributed by atoms with Crippen LogP contribution in [0.5, 0.6) is 0 Å². The van der Waals surface area contributed by atoms with Gasteiger partial charge in [-0.1, -0.05) is 167 Å². The van der Waals surface area contributed by atoms with E-state index in [1.54, 1.807) is 0 Å². The van der Waals surface area contributed by atoms with Crippen molar-refractivity contribution in [1.29, 1.82) is 0 Å². The van der Waals surface area contributed by atoms with Crippen LogP contribution in [0.4, 0.5) is 0 Å². The van der Waals surface area contributed by atoms with E-state index in [1.807, 2.05) is 0 Å². The van der Waals surface area contributed by atoms with Gasteiger partial charge in [-0.3, -0.25) is 9.59 Å². The zero-order valence-corrected chi connectivity index (χ0v) is 27.6. The van der Waals surface area contributed by atoms with Crippen molar-refractivity contribution in [2.24, 2.45) is 5.92 Å². The maximum absolute atomic E-state index is 12.4. The molecule has 1 N–H and O–H groups in total. The molecule has 0 aromatic carbocycles. The molecule has 4 heteroatoms. The maximum atomic E-state index is 12.4. The lowest BCUT2D eigenvalue weighted by atomic mass is 9.99. The van der Waals surface area contributed by atoms with Gasteiger partial charge in [0.1, 0.15) is 0 Å². The molecule has 0 aromatic rings. The standard InChI is InChI=1S/C37H70O4/c1-3-5-7-9-11-12-13-14-15-16-17-18-19-25-29-33-37(40)41-34-35(30-26-22-10-8-6-4-2)31-27-23-20-21-24-28-32-36(38)39/h27,31,35H,3-26,28-30,32-34H2,1-2H3,(H,38,39)/b31-27+. The van der Waals surface area contributed by atoms with E-state index in [0.717, 1.165) is 51.4 Å². The van der Waals surface area contributed by atoms with Crippen molar-refractivity contribution in [3.05, 3.63) is 12.2 Å². The zero-order valence-electron chi connectivity index (χ0n) is 27.6. The van der Waals surface area contributed by atoms with Crippen LogP contribution in [0.15, 0.2) is 12.2 Å². The monoisotopic (exact) mass is 579 g/mol. The predicted molar refractivity (Wildman–Crippen MR) is 176 cm³/mol. The molecule has 4 nitrogen and oxygen atoms in total. The number of hydrogen-bond acceptors (Lipinski definition) is 3. The van der Waals surface area contributed by atoms with E-state index in [0.29, 0.717) is 18.9 Å². The van der Waals surface area contributed by atoms with Gasteiger partial charge in [-0.25, -0.2) is 0 Å². The SMILES string of the molecule is CCCCCCCCCCCCCCCCCC(=O)OCC(/C=C/CCCCCCC(=O)O)CCCCCCCC. The van der Waals surface area contributed by atoms with Gasteiger partial charge in [0.2, 0.25) is 0 Å². The van der Waals surface area contributed by atoms with E-state index in [9.17, 15) is 9.59 Å². The van der Waals surface area contributed by atoms with Gasteiger partial charge >= 0.3 is 11.9 Å². The third-order valence-corrected chi connectivity index (χ3v) is 8.29. The molecule has 242 valence electrons.